The second-order valence-electron chi connectivity index (χ2n) is 4.37. The standard InChI is InChI=1S/C11H18FN3O2S/c1-4-11(2,8-13)15(3)18(16,17)10-5-9(12)6-14-7-10/h5-7H,4,8,13H2,1-3H3. The van der Waals surface area contributed by atoms with E-state index < -0.39 is 21.4 Å². The van der Waals surface area contributed by atoms with E-state index in [0.29, 0.717) is 6.42 Å². The van der Waals surface area contributed by atoms with Crippen molar-refractivity contribution in [2.45, 2.75) is 30.7 Å². The smallest absolute Gasteiger partial charge is 0.244 e. The van der Waals surface area contributed by atoms with Gasteiger partial charge in [0.2, 0.25) is 10.0 Å². The fourth-order valence-corrected chi connectivity index (χ4v) is 3.03. The van der Waals surface area contributed by atoms with Gasteiger partial charge in [0.25, 0.3) is 0 Å². The van der Waals surface area contributed by atoms with E-state index >= 15 is 0 Å². The Morgan fingerprint density at radius 1 is 1.50 bits per heavy atom. The predicted molar refractivity (Wildman–Crippen MR) is 66.9 cm³/mol. The number of sulfonamides is 1. The maximum Gasteiger partial charge on any atom is 0.244 e. The first kappa shape index (κ1) is 15.0. The normalized spacial score (nSPS) is 15.7. The number of nitrogens with two attached hydrogens (primary N) is 1. The molecule has 0 amide bonds. The second-order valence-corrected chi connectivity index (χ2v) is 6.34. The molecule has 1 aromatic rings. The van der Waals surface area contributed by atoms with Gasteiger partial charge in [0, 0.05) is 25.3 Å². The van der Waals surface area contributed by atoms with Gasteiger partial charge >= 0.3 is 0 Å². The highest BCUT2D eigenvalue weighted by atomic mass is 32.2. The molecule has 1 aromatic heterocycles. The molecule has 5 nitrogen and oxygen atoms in total. The minimum atomic E-state index is -3.79. The number of halogens is 1. The molecule has 1 unspecified atom stereocenters. The molecule has 1 rings (SSSR count). The Morgan fingerprint density at radius 2 is 2.11 bits per heavy atom. The molecule has 7 heteroatoms. The number of hydrogen-bond acceptors (Lipinski definition) is 4. The number of likely N-dealkylation sites (N-methyl/N-ethyl adjacent to an activating group) is 1. The first-order valence-corrected chi connectivity index (χ1v) is 7.01. The van der Waals surface area contributed by atoms with Crippen LogP contribution in [0, 0.1) is 5.82 Å². The van der Waals surface area contributed by atoms with Crippen LogP contribution in [0.15, 0.2) is 23.4 Å². The zero-order chi connectivity index (χ0) is 14.0. The SMILES string of the molecule is CCC(C)(CN)N(C)S(=O)(=O)c1cncc(F)c1. The lowest BCUT2D eigenvalue weighted by Crippen LogP contribution is -2.51. The van der Waals surface area contributed by atoms with E-state index in [0.717, 1.165) is 18.5 Å². The van der Waals surface area contributed by atoms with Crippen molar-refractivity contribution in [3.63, 3.8) is 0 Å². The van der Waals surface area contributed by atoms with Crippen LogP contribution in [-0.2, 0) is 10.0 Å². The third kappa shape index (κ3) is 2.68. The highest BCUT2D eigenvalue weighted by Gasteiger charge is 2.35. The fraction of sp³-hybridized carbons (Fsp3) is 0.545. The van der Waals surface area contributed by atoms with Gasteiger partial charge < -0.3 is 5.73 Å². The van der Waals surface area contributed by atoms with E-state index in [4.69, 9.17) is 5.73 Å². The number of rotatable bonds is 5. The minimum absolute atomic E-state index is 0.168. The second kappa shape index (κ2) is 5.29. The molecular formula is C11H18FN3O2S. The lowest BCUT2D eigenvalue weighted by atomic mass is 10.00. The summed E-state index contributed by atoms with van der Waals surface area (Å²) >= 11 is 0. The summed E-state index contributed by atoms with van der Waals surface area (Å²) in [7, 11) is -2.35. The molecule has 0 saturated heterocycles. The van der Waals surface area contributed by atoms with Crippen LogP contribution in [0.5, 0.6) is 0 Å². The molecule has 2 N–H and O–H groups in total. The van der Waals surface area contributed by atoms with Crippen molar-refractivity contribution in [2.24, 2.45) is 5.73 Å². The van der Waals surface area contributed by atoms with Crippen molar-refractivity contribution < 1.29 is 12.8 Å². The van der Waals surface area contributed by atoms with Gasteiger partial charge in [-0.15, -0.1) is 0 Å². The Bertz CT molecular complexity index is 515. The summed E-state index contributed by atoms with van der Waals surface area (Å²) in [6.45, 7) is 3.78. The van der Waals surface area contributed by atoms with Crippen LogP contribution >= 0.6 is 0 Å². The molecule has 0 aliphatic carbocycles. The van der Waals surface area contributed by atoms with E-state index in [2.05, 4.69) is 4.98 Å². The van der Waals surface area contributed by atoms with Crippen molar-refractivity contribution in [1.82, 2.24) is 9.29 Å². The summed E-state index contributed by atoms with van der Waals surface area (Å²) in [5.41, 5.74) is 4.92. The maximum absolute atomic E-state index is 13.1. The first-order chi connectivity index (χ1) is 8.28. The lowest BCUT2D eigenvalue weighted by molar-refractivity contribution is 0.240. The summed E-state index contributed by atoms with van der Waals surface area (Å²) in [5, 5.41) is 0. The van der Waals surface area contributed by atoms with Crippen LogP contribution in [0.4, 0.5) is 4.39 Å². The van der Waals surface area contributed by atoms with Crippen LogP contribution < -0.4 is 5.73 Å². The van der Waals surface area contributed by atoms with E-state index in [1.165, 1.54) is 11.4 Å². The molecule has 0 spiro atoms. The predicted octanol–water partition coefficient (Wildman–Crippen LogP) is 0.969. The molecule has 1 heterocycles. The molecule has 0 aliphatic rings. The Labute approximate surface area is 107 Å². The van der Waals surface area contributed by atoms with Gasteiger partial charge in [-0.25, -0.2) is 12.8 Å². The summed E-state index contributed by atoms with van der Waals surface area (Å²) in [6, 6.07) is 0.950. The average molecular weight is 275 g/mol. The van der Waals surface area contributed by atoms with E-state index in [-0.39, 0.29) is 11.4 Å². The first-order valence-electron chi connectivity index (χ1n) is 5.57. The third-order valence-corrected chi connectivity index (χ3v) is 5.28. The number of pyridine rings is 1. The van der Waals surface area contributed by atoms with Crippen molar-refractivity contribution in [3.05, 3.63) is 24.3 Å². The lowest BCUT2D eigenvalue weighted by Gasteiger charge is -2.36. The average Bonchev–Trinajstić information content (AvgIpc) is 2.37. The summed E-state index contributed by atoms with van der Waals surface area (Å²) in [4.78, 5) is 3.39. The van der Waals surface area contributed by atoms with Crippen LogP contribution in [0.1, 0.15) is 20.3 Å². The van der Waals surface area contributed by atoms with Crippen LogP contribution in [0.25, 0.3) is 0 Å². The van der Waals surface area contributed by atoms with Gasteiger partial charge in [0.1, 0.15) is 10.7 Å². The summed E-state index contributed by atoms with van der Waals surface area (Å²) < 4.78 is 38.9. The van der Waals surface area contributed by atoms with Gasteiger partial charge in [-0.3, -0.25) is 4.98 Å². The Hall–Kier alpha value is -1.05. The number of hydrogen-bond donors (Lipinski definition) is 1. The molecule has 0 aromatic carbocycles. The Morgan fingerprint density at radius 3 is 2.56 bits per heavy atom. The van der Waals surface area contributed by atoms with Crippen LogP contribution in [0.3, 0.4) is 0 Å². The topological polar surface area (TPSA) is 76.3 Å². The summed E-state index contributed by atoms with van der Waals surface area (Å²) in [6.07, 6.45) is 2.64. The molecule has 1 atom stereocenters. The summed E-state index contributed by atoms with van der Waals surface area (Å²) in [5.74, 6) is -0.685. The van der Waals surface area contributed by atoms with Gasteiger partial charge in [0.05, 0.1) is 6.20 Å². The van der Waals surface area contributed by atoms with Gasteiger partial charge in [-0.2, -0.15) is 4.31 Å². The monoisotopic (exact) mass is 275 g/mol. The Balaban J connectivity index is 3.23. The maximum atomic E-state index is 13.1. The minimum Gasteiger partial charge on any atom is -0.329 e. The highest BCUT2D eigenvalue weighted by molar-refractivity contribution is 7.89. The van der Waals surface area contributed by atoms with Crippen molar-refractivity contribution >= 4 is 10.0 Å². The zero-order valence-corrected chi connectivity index (χ0v) is 11.5. The molecule has 0 aliphatic heterocycles. The van der Waals surface area contributed by atoms with E-state index in [1.54, 1.807) is 6.92 Å². The van der Waals surface area contributed by atoms with Gasteiger partial charge in [0.15, 0.2) is 0 Å². The van der Waals surface area contributed by atoms with Gasteiger partial charge in [-0.05, 0) is 19.4 Å². The fourth-order valence-electron chi connectivity index (χ4n) is 1.48. The van der Waals surface area contributed by atoms with Crippen LogP contribution in [0.2, 0.25) is 0 Å². The number of aromatic nitrogens is 1. The number of nitrogens with zero attached hydrogens (tertiary/aromatic N) is 2. The largest absolute Gasteiger partial charge is 0.329 e. The van der Waals surface area contributed by atoms with E-state index in [1.807, 2.05) is 6.92 Å². The molecule has 0 saturated carbocycles. The third-order valence-electron chi connectivity index (χ3n) is 3.30. The van der Waals surface area contributed by atoms with Crippen LogP contribution in [-0.4, -0.2) is 36.8 Å². The molecule has 102 valence electrons. The van der Waals surface area contributed by atoms with E-state index in [9.17, 15) is 12.8 Å². The van der Waals surface area contributed by atoms with Gasteiger partial charge in [-0.1, -0.05) is 6.92 Å². The van der Waals surface area contributed by atoms with Crippen molar-refractivity contribution in [3.8, 4) is 0 Å². The quantitative estimate of drug-likeness (QED) is 0.868. The molecule has 0 bridgehead atoms. The zero-order valence-electron chi connectivity index (χ0n) is 10.7. The molecule has 0 radical (unpaired) electrons. The molecular weight excluding hydrogens is 257 g/mol. The Kier molecular flexibility index (Phi) is 4.41. The molecule has 18 heavy (non-hydrogen) atoms. The highest BCUT2D eigenvalue weighted by Crippen LogP contribution is 2.24. The van der Waals surface area contributed by atoms with Crippen molar-refractivity contribution in [2.75, 3.05) is 13.6 Å². The molecule has 0 fully saturated rings. The van der Waals surface area contributed by atoms with Crippen molar-refractivity contribution in [1.29, 1.82) is 0 Å².